The highest BCUT2D eigenvalue weighted by molar-refractivity contribution is 5.71. The van der Waals surface area contributed by atoms with Crippen LogP contribution >= 0.6 is 0 Å². The molecule has 5 heteroatoms. The molecule has 1 aliphatic rings. The lowest BCUT2D eigenvalue weighted by atomic mass is 9.99. The highest BCUT2D eigenvalue weighted by atomic mass is 16.4. The van der Waals surface area contributed by atoms with Gasteiger partial charge in [-0.2, -0.15) is 0 Å². The van der Waals surface area contributed by atoms with E-state index in [1.54, 1.807) is 6.20 Å². The predicted octanol–water partition coefficient (Wildman–Crippen LogP) is 1.65. The molecule has 0 aliphatic carbocycles. The second-order valence-electron chi connectivity index (χ2n) is 4.39. The van der Waals surface area contributed by atoms with Gasteiger partial charge in [0.15, 0.2) is 0 Å². The first-order valence-corrected chi connectivity index (χ1v) is 5.85. The number of aliphatic hydroxyl groups excluding tert-OH is 1. The van der Waals surface area contributed by atoms with E-state index >= 15 is 0 Å². The second-order valence-corrected chi connectivity index (χ2v) is 4.39. The number of aliphatic hydroxyl groups is 1. The van der Waals surface area contributed by atoms with Crippen LogP contribution in [0.5, 0.6) is 0 Å². The van der Waals surface area contributed by atoms with Crippen molar-refractivity contribution in [1.82, 2.24) is 9.88 Å². The van der Waals surface area contributed by atoms with Gasteiger partial charge in [0, 0.05) is 24.8 Å². The molecule has 2 rings (SSSR count). The van der Waals surface area contributed by atoms with E-state index in [4.69, 9.17) is 5.11 Å². The molecule has 1 aromatic rings. The standard InChI is InChI=1S/C13H16N2O3/c1-9-6-11(8-16)12(14-7-9)10-2-4-15(5-3-10)13(17)18/h2,6-7,16H,3-5,8H2,1H3,(H,17,18). The van der Waals surface area contributed by atoms with Gasteiger partial charge in [0.25, 0.3) is 0 Å². The molecule has 96 valence electrons. The Balaban J connectivity index is 2.25. The average molecular weight is 248 g/mol. The number of aromatic nitrogens is 1. The van der Waals surface area contributed by atoms with E-state index in [0.29, 0.717) is 19.5 Å². The van der Waals surface area contributed by atoms with Crippen LogP contribution in [0, 0.1) is 6.92 Å². The van der Waals surface area contributed by atoms with Crippen molar-refractivity contribution < 1.29 is 15.0 Å². The molecule has 1 aliphatic heterocycles. The maximum absolute atomic E-state index is 10.8. The molecule has 0 spiro atoms. The summed E-state index contributed by atoms with van der Waals surface area (Å²) >= 11 is 0. The van der Waals surface area contributed by atoms with Crippen LogP contribution in [-0.4, -0.2) is 39.3 Å². The van der Waals surface area contributed by atoms with Gasteiger partial charge in [-0.05, 0) is 24.5 Å². The Morgan fingerprint density at radius 1 is 1.56 bits per heavy atom. The summed E-state index contributed by atoms with van der Waals surface area (Å²) in [6.45, 7) is 2.73. The van der Waals surface area contributed by atoms with Crippen LogP contribution in [-0.2, 0) is 6.61 Å². The van der Waals surface area contributed by atoms with E-state index in [2.05, 4.69) is 4.98 Å². The quantitative estimate of drug-likeness (QED) is 0.834. The smallest absolute Gasteiger partial charge is 0.407 e. The van der Waals surface area contributed by atoms with Gasteiger partial charge in [-0.25, -0.2) is 4.79 Å². The van der Waals surface area contributed by atoms with Gasteiger partial charge in [0.1, 0.15) is 0 Å². The zero-order chi connectivity index (χ0) is 13.1. The molecule has 5 nitrogen and oxygen atoms in total. The first-order chi connectivity index (χ1) is 8.61. The second kappa shape index (κ2) is 5.18. The molecule has 0 atom stereocenters. The molecular formula is C13H16N2O3. The van der Waals surface area contributed by atoms with Crippen molar-refractivity contribution in [1.29, 1.82) is 0 Å². The summed E-state index contributed by atoms with van der Waals surface area (Å²) < 4.78 is 0. The van der Waals surface area contributed by atoms with Gasteiger partial charge in [0.2, 0.25) is 0 Å². The fraction of sp³-hybridized carbons (Fsp3) is 0.385. The lowest BCUT2D eigenvalue weighted by molar-refractivity contribution is 0.150. The van der Waals surface area contributed by atoms with E-state index in [0.717, 1.165) is 22.4 Å². The highest BCUT2D eigenvalue weighted by Crippen LogP contribution is 2.24. The number of nitrogens with zero attached hydrogens (tertiary/aromatic N) is 2. The molecule has 18 heavy (non-hydrogen) atoms. The summed E-state index contributed by atoms with van der Waals surface area (Å²) in [5.74, 6) is 0. The average Bonchev–Trinajstić information content (AvgIpc) is 2.38. The molecule has 2 N–H and O–H groups in total. The van der Waals surface area contributed by atoms with Gasteiger partial charge in [-0.1, -0.05) is 12.1 Å². The molecule has 2 heterocycles. The molecule has 1 aromatic heterocycles. The third-order valence-corrected chi connectivity index (χ3v) is 3.06. The Kier molecular flexibility index (Phi) is 3.62. The predicted molar refractivity (Wildman–Crippen MR) is 67.1 cm³/mol. The Morgan fingerprint density at radius 3 is 2.89 bits per heavy atom. The molecule has 0 saturated carbocycles. The lowest BCUT2D eigenvalue weighted by Gasteiger charge is -2.24. The first kappa shape index (κ1) is 12.6. The van der Waals surface area contributed by atoms with Gasteiger partial charge in [0.05, 0.1) is 12.3 Å². The van der Waals surface area contributed by atoms with Crippen molar-refractivity contribution >= 4 is 11.7 Å². The summed E-state index contributed by atoms with van der Waals surface area (Å²) in [7, 11) is 0. The Bertz CT molecular complexity index is 497. The van der Waals surface area contributed by atoms with Crippen LogP contribution in [0.25, 0.3) is 5.57 Å². The van der Waals surface area contributed by atoms with Crippen LogP contribution in [0.2, 0.25) is 0 Å². The Hall–Kier alpha value is -1.88. The molecule has 0 unspecified atom stereocenters. The molecule has 0 aromatic carbocycles. The number of hydrogen-bond acceptors (Lipinski definition) is 3. The van der Waals surface area contributed by atoms with E-state index in [9.17, 15) is 9.90 Å². The number of carbonyl (C=O) groups is 1. The van der Waals surface area contributed by atoms with Gasteiger partial charge < -0.3 is 15.1 Å². The zero-order valence-electron chi connectivity index (χ0n) is 10.3. The Morgan fingerprint density at radius 2 is 2.33 bits per heavy atom. The van der Waals surface area contributed by atoms with Gasteiger partial charge in [-0.3, -0.25) is 4.98 Å². The Labute approximate surface area is 105 Å². The fourth-order valence-electron chi connectivity index (χ4n) is 2.10. The lowest BCUT2D eigenvalue weighted by Crippen LogP contribution is -2.33. The van der Waals surface area contributed by atoms with Crippen LogP contribution in [0.4, 0.5) is 4.79 Å². The number of pyridine rings is 1. The van der Waals surface area contributed by atoms with Crippen LogP contribution < -0.4 is 0 Å². The van der Waals surface area contributed by atoms with Crippen molar-refractivity contribution in [2.75, 3.05) is 13.1 Å². The van der Waals surface area contributed by atoms with Crippen molar-refractivity contribution in [3.63, 3.8) is 0 Å². The molecule has 1 amide bonds. The number of amides is 1. The van der Waals surface area contributed by atoms with Crippen molar-refractivity contribution in [3.8, 4) is 0 Å². The van der Waals surface area contributed by atoms with Crippen molar-refractivity contribution in [2.24, 2.45) is 0 Å². The number of aryl methyl sites for hydroxylation is 1. The molecule has 0 fully saturated rings. The van der Waals surface area contributed by atoms with Gasteiger partial charge in [-0.15, -0.1) is 0 Å². The fourth-order valence-corrected chi connectivity index (χ4v) is 2.10. The maximum Gasteiger partial charge on any atom is 0.407 e. The molecule has 0 saturated heterocycles. The van der Waals surface area contributed by atoms with Crippen LogP contribution in [0.15, 0.2) is 18.3 Å². The topological polar surface area (TPSA) is 73.7 Å². The summed E-state index contributed by atoms with van der Waals surface area (Å²) in [5.41, 5.74) is 3.60. The minimum absolute atomic E-state index is 0.0516. The van der Waals surface area contributed by atoms with Crippen LogP contribution in [0.1, 0.15) is 23.2 Å². The minimum atomic E-state index is -0.899. The molecular weight excluding hydrogens is 232 g/mol. The summed E-state index contributed by atoms with van der Waals surface area (Å²) in [6, 6.07) is 1.91. The van der Waals surface area contributed by atoms with E-state index in [1.807, 2.05) is 19.1 Å². The van der Waals surface area contributed by atoms with Crippen molar-refractivity contribution in [3.05, 3.63) is 35.2 Å². The van der Waals surface area contributed by atoms with E-state index < -0.39 is 6.09 Å². The summed E-state index contributed by atoms with van der Waals surface area (Å²) in [5, 5.41) is 18.2. The maximum atomic E-state index is 10.8. The molecule has 0 bridgehead atoms. The number of rotatable bonds is 2. The third kappa shape index (κ3) is 2.51. The normalized spacial score (nSPS) is 15.4. The first-order valence-electron chi connectivity index (χ1n) is 5.85. The van der Waals surface area contributed by atoms with Crippen molar-refractivity contribution in [2.45, 2.75) is 20.0 Å². The summed E-state index contributed by atoms with van der Waals surface area (Å²) in [6.07, 6.45) is 3.37. The number of hydrogen-bond donors (Lipinski definition) is 2. The highest BCUT2D eigenvalue weighted by Gasteiger charge is 2.18. The minimum Gasteiger partial charge on any atom is -0.465 e. The van der Waals surface area contributed by atoms with E-state index in [-0.39, 0.29) is 6.61 Å². The third-order valence-electron chi connectivity index (χ3n) is 3.06. The SMILES string of the molecule is Cc1cnc(C2=CCN(C(=O)O)CC2)c(CO)c1. The monoisotopic (exact) mass is 248 g/mol. The summed E-state index contributed by atoms with van der Waals surface area (Å²) in [4.78, 5) is 16.5. The zero-order valence-corrected chi connectivity index (χ0v) is 10.3. The van der Waals surface area contributed by atoms with Crippen LogP contribution in [0.3, 0.4) is 0 Å². The molecule has 0 radical (unpaired) electrons. The largest absolute Gasteiger partial charge is 0.465 e. The van der Waals surface area contributed by atoms with Gasteiger partial charge >= 0.3 is 6.09 Å². The van der Waals surface area contributed by atoms with E-state index in [1.165, 1.54) is 4.90 Å². The number of carboxylic acid groups (broad SMARTS) is 1.